The summed E-state index contributed by atoms with van der Waals surface area (Å²) in [6.45, 7) is 5.12. The summed E-state index contributed by atoms with van der Waals surface area (Å²) in [5.74, 6) is 1.05. The highest BCUT2D eigenvalue weighted by atomic mass is 32.2. The first-order valence-electron chi connectivity index (χ1n) is 6.85. The molecule has 0 aliphatic heterocycles. The maximum Gasteiger partial charge on any atom is 0.141 e. The summed E-state index contributed by atoms with van der Waals surface area (Å²) >= 11 is 2.02. The molecule has 0 unspecified atom stereocenters. The van der Waals surface area contributed by atoms with Crippen molar-refractivity contribution < 1.29 is 0 Å². The van der Waals surface area contributed by atoms with Gasteiger partial charge in [-0.05, 0) is 45.8 Å². The number of thioether (sulfide) groups is 1. The molecule has 1 aromatic rings. The smallest absolute Gasteiger partial charge is 0.141 e. The highest BCUT2D eigenvalue weighted by molar-refractivity contribution is 7.99. The van der Waals surface area contributed by atoms with Gasteiger partial charge in [0.2, 0.25) is 0 Å². The summed E-state index contributed by atoms with van der Waals surface area (Å²) in [7, 11) is 0. The summed E-state index contributed by atoms with van der Waals surface area (Å²) in [5, 5.41) is 8.78. The van der Waals surface area contributed by atoms with Crippen molar-refractivity contribution >= 4 is 11.8 Å². The summed E-state index contributed by atoms with van der Waals surface area (Å²) in [6, 6.07) is 1.04. The van der Waals surface area contributed by atoms with E-state index >= 15 is 0 Å². The van der Waals surface area contributed by atoms with Gasteiger partial charge in [0.25, 0.3) is 0 Å². The second kappa shape index (κ2) is 6.57. The molecule has 0 saturated heterocycles. The third kappa shape index (κ3) is 3.48. The second-order valence-corrected chi connectivity index (χ2v) is 6.44. The van der Waals surface area contributed by atoms with Gasteiger partial charge >= 0.3 is 0 Å². The third-order valence-corrected chi connectivity index (χ3v) is 4.83. The van der Waals surface area contributed by atoms with Crippen LogP contribution in [-0.4, -0.2) is 32.3 Å². The molecule has 1 saturated carbocycles. The number of rotatable bonds is 5. The van der Waals surface area contributed by atoms with Crippen molar-refractivity contribution in [1.29, 1.82) is 0 Å². The lowest BCUT2D eigenvalue weighted by molar-refractivity contribution is 0.368. The second-order valence-electron chi connectivity index (χ2n) is 5.30. The Bertz CT molecular complexity index is 356. The Morgan fingerprint density at radius 1 is 1.39 bits per heavy atom. The molecule has 0 spiro atoms. The fourth-order valence-corrected chi connectivity index (χ4v) is 3.31. The van der Waals surface area contributed by atoms with Gasteiger partial charge in [-0.2, -0.15) is 16.9 Å². The minimum atomic E-state index is 0.386. The molecule has 1 aliphatic carbocycles. The molecule has 5 heteroatoms. The van der Waals surface area contributed by atoms with E-state index in [-0.39, 0.29) is 0 Å². The molecule has 102 valence electrons. The van der Waals surface area contributed by atoms with E-state index in [4.69, 9.17) is 0 Å². The maximum absolute atomic E-state index is 4.34. The molecule has 0 bridgehead atoms. The van der Waals surface area contributed by atoms with Gasteiger partial charge in [-0.3, -0.25) is 0 Å². The molecule has 1 fully saturated rings. The predicted octanol–water partition coefficient (Wildman–Crippen LogP) is 2.62. The van der Waals surface area contributed by atoms with Gasteiger partial charge in [0, 0.05) is 17.3 Å². The highest BCUT2D eigenvalue weighted by Crippen LogP contribution is 2.26. The zero-order chi connectivity index (χ0) is 13.0. The monoisotopic (exact) mass is 268 g/mol. The summed E-state index contributed by atoms with van der Waals surface area (Å²) in [4.78, 5) is 4.34. The summed E-state index contributed by atoms with van der Waals surface area (Å²) in [5.41, 5.74) is 0. The van der Waals surface area contributed by atoms with Crippen LogP contribution in [0.3, 0.4) is 0 Å². The zero-order valence-electron chi connectivity index (χ0n) is 11.6. The van der Waals surface area contributed by atoms with Gasteiger partial charge in [0.1, 0.15) is 12.2 Å². The molecule has 1 aliphatic rings. The van der Waals surface area contributed by atoms with Crippen LogP contribution in [0, 0.1) is 0 Å². The molecule has 1 N–H and O–H groups in total. The van der Waals surface area contributed by atoms with E-state index in [1.807, 2.05) is 16.4 Å². The Hall–Kier alpha value is -0.550. The van der Waals surface area contributed by atoms with Crippen LogP contribution in [0.15, 0.2) is 6.33 Å². The van der Waals surface area contributed by atoms with Crippen LogP contribution in [0.25, 0.3) is 0 Å². The Kier molecular flexibility index (Phi) is 5.06. The van der Waals surface area contributed by atoms with Crippen molar-refractivity contribution in [2.75, 3.05) is 6.26 Å². The van der Waals surface area contributed by atoms with E-state index in [0.717, 1.165) is 17.6 Å². The number of nitrogens with zero attached hydrogens (tertiary/aromatic N) is 3. The molecule has 1 heterocycles. The van der Waals surface area contributed by atoms with E-state index in [9.17, 15) is 0 Å². The van der Waals surface area contributed by atoms with Crippen LogP contribution in [0.5, 0.6) is 0 Å². The molecule has 18 heavy (non-hydrogen) atoms. The molecule has 4 nitrogen and oxygen atoms in total. The predicted molar refractivity (Wildman–Crippen MR) is 76.8 cm³/mol. The molecule has 0 atom stereocenters. The maximum atomic E-state index is 4.34. The first-order chi connectivity index (χ1) is 8.70. The lowest BCUT2D eigenvalue weighted by Gasteiger charge is -2.28. The summed E-state index contributed by atoms with van der Waals surface area (Å²) in [6.07, 6.45) is 9.15. The molecule has 1 aromatic heterocycles. The first kappa shape index (κ1) is 13.9. The largest absolute Gasteiger partial charge is 0.307 e. The van der Waals surface area contributed by atoms with Gasteiger partial charge in [-0.1, -0.05) is 0 Å². The Morgan fingerprint density at radius 3 is 2.72 bits per heavy atom. The molecule has 0 amide bonds. The van der Waals surface area contributed by atoms with E-state index in [1.165, 1.54) is 25.7 Å². The van der Waals surface area contributed by atoms with Gasteiger partial charge in [-0.15, -0.1) is 0 Å². The van der Waals surface area contributed by atoms with Crippen LogP contribution < -0.4 is 5.32 Å². The average Bonchev–Trinajstić information content (AvgIpc) is 2.85. The van der Waals surface area contributed by atoms with Crippen molar-refractivity contribution in [1.82, 2.24) is 20.1 Å². The quantitative estimate of drug-likeness (QED) is 0.891. The van der Waals surface area contributed by atoms with Gasteiger partial charge < -0.3 is 5.32 Å². The van der Waals surface area contributed by atoms with E-state index in [0.29, 0.717) is 12.1 Å². The van der Waals surface area contributed by atoms with E-state index in [2.05, 4.69) is 35.5 Å². The minimum Gasteiger partial charge on any atom is -0.307 e. The minimum absolute atomic E-state index is 0.386. The topological polar surface area (TPSA) is 42.7 Å². The lowest BCUT2D eigenvalue weighted by Crippen LogP contribution is -2.34. The third-order valence-electron chi connectivity index (χ3n) is 3.69. The molecule has 2 rings (SSSR count). The Labute approximate surface area is 114 Å². The fraction of sp³-hybridized carbons (Fsp3) is 0.846. The SMILES string of the molecule is CSC1CCC(NCc2ncnn2C(C)C)CC1. The van der Waals surface area contributed by atoms with Crippen LogP contribution in [0.2, 0.25) is 0 Å². The molecular weight excluding hydrogens is 244 g/mol. The molecular formula is C13H24N4S. The van der Waals surface area contributed by atoms with Crippen LogP contribution >= 0.6 is 11.8 Å². The van der Waals surface area contributed by atoms with Crippen LogP contribution in [0.1, 0.15) is 51.4 Å². The van der Waals surface area contributed by atoms with Crippen molar-refractivity contribution in [2.45, 2.75) is 63.4 Å². The van der Waals surface area contributed by atoms with Gasteiger partial charge in [0.05, 0.1) is 6.54 Å². The standard InChI is InChI=1S/C13H24N4S/c1-10(2)17-13(15-9-16-17)8-14-11-4-6-12(18-3)7-5-11/h9-12,14H,4-8H2,1-3H3. The van der Waals surface area contributed by atoms with E-state index in [1.54, 1.807) is 6.33 Å². The van der Waals surface area contributed by atoms with Gasteiger partial charge in [-0.25, -0.2) is 9.67 Å². The molecule has 0 radical (unpaired) electrons. The Balaban J connectivity index is 1.80. The number of nitrogens with one attached hydrogen (secondary N) is 1. The first-order valence-corrected chi connectivity index (χ1v) is 8.14. The fourth-order valence-electron chi connectivity index (χ4n) is 2.57. The van der Waals surface area contributed by atoms with Crippen molar-refractivity contribution in [3.05, 3.63) is 12.2 Å². The Morgan fingerprint density at radius 2 is 2.11 bits per heavy atom. The normalized spacial score (nSPS) is 24.7. The van der Waals surface area contributed by atoms with Crippen LogP contribution in [0.4, 0.5) is 0 Å². The summed E-state index contributed by atoms with van der Waals surface area (Å²) < 4.78 is 2.00. The zero-order valence-corrected chi connectivity index (χ0v) is 12.4. The number of aromatic nitrogens is 3. The lowest BCUT2D eigenvalue weighted by atomic mass is 9.95. The van der Waals surface area contributed by atoms with Crippen LogP contribution in [-0.2, 0) is 6.54 Å². The number of hydrogen-bond acceptors (Lipinski definition) is 4. The van der Waals surface area contributed by atoms with Crippen molar-refractivity contribution in [2.24, 2.45) is 0 Å². The average molecular weight is 268 g/mol. The van der Waals surface area contributed by atoms with Crippen molar-refractivity contribution in [3.8, 4) is 0 Å². The molecule has 0 aromatic carbocycles. The van der Waals surface area contributed by atoms with Gasteiger partial charge in [0.15, 0.2) is 0 Å². The highest BCUT2D eigenvalue weighted by Gasteiger charge is 2.20. The van der Waals surface area contributed by atoms with E-state index < -0.39 is 0 Å². The van der Waals surface area contributed by atoms with Crippen molar-refractivity contribution in [3.63, 3.8) is 0 Å². The number of hydrogen-bond donors (Lipinski definition) is 1.